The summed E-state index contributed by atoms with van der Waals surface area (Å²) in [6, 6.07) is 5.22. The van der Waals surface area contributed by atoms with Gasteiger partial charge in [-0.25, -0.2) is 4.98 Å². The maximum Gasteiger partial charge on any atom is 0.416 e. The molecule has 0 aliphatic heterocycles. The number of pyridine rings is 1. The molecule has 0 bridgehead atoms. The monoisotopic (exact) mass is 293 g/mol. The molecule has 0 aromatic carbocycles. The Hall–Kier alpha value is -1.14. The summed E-state index contributed by atoms with van der Waals surface area (Å²) in [6.45, 7) is 0. The molecular weight excluding hydrogens is 287 g/mol. The molecule has 0 saturated heterocycles. The minimum Gasteiger partial charge on any atom is -0.468 e. The Bertz CT molecular complexity index is 528. The van der Waals surface area contributed by atoms with Crippen LogP contribution in [0.4, 0.5) is 13.2 Å². The van der Waals surface area contributed by atoms with Crippen molar-refractivity contribution in [1.82, 2.24) is 4.98 Å². The summed E-state index contributed by atoms with van der Waals surface area (Å²) in [6.07, 6.45) is -2.92. The van der Waals surface area contributed by atoms with Crippen LogP contribution in [0.25, 0.3) is 0 Å². The van der Waals surface area contributed by atoms with Crippen LogP contribution in [0.1, 0.15) is 11.3 Å². The van der Waals surface area contributed by atoms with Gasteiger partial charge in [0.1, 0.15) is 10.9 Å². The van der Waals surface area contributed by atoms with Gasteiger partial charge in [-0.15, -0.1) is 0 Å². The number of thioether (sulfide) groups is 1. The van der Waals surface area contributed by atoms with Crippen LogP contribution in [0.3, 0.4) is 0 Å². The molecule has 0 atom stereocenters. The van der Waals surface area contributed by atoms with E-state index in [9.17, 15) is 13.2 Å². The van der Waals surface area contributed by atoms with Crippen molar-refractivity contribution in [2.45, 2.75) is 17.0 Å². The molecule has 0 spiro atoms. The molecule has 0 fully saturated rings. The van der Waals surface area contributed by atoms with Crippen molar-refractivity contribution < 1.29 is 17.6 Å². The normalized spacial score (nSPS) is 11.8. The van der Waals surface area contributed by atoms with E-state index >= 15 is 0 Å². The van der Waals surface area contributed by atoms with Gasteiger partial charge in [-0.1, -0.05) is 23.4 Å². The Balaban J connectivity index is 2.15. The zero-order chi connectivity index (χ0) is 13.2. The Labute approximate surface area is 110 Å². The van der Waals surface area contributed by atoms with E-state index in [4.69, 9.17) is 16.0 Å². The highest BCUT2D eigenvalue weighted by Gasteiger charge is 2.31. The summed E-state index contributed by atoms with van der Waals surface area (Å²) in [5.74, 6) is 1.06. The van der Waals surface area contributed by atoms with E-state index in [0.717, 1.165) is 23.9 Å². The van der Waals surface area contributed by atoms with Gasteiger partial charge < -0.3 is 4.42 Å². The van der Waals surface area contributed by atoms with Crippen molar-refractivity contribution in [1.29, 1.82) is 0 Å². The first-order valence-electron chi connectivity index (χ1n) is 4.85. The predicted molar refractivity (Wildman–Crippen MR) is 62.5 cm³/mol. The number of alkyl halides is 3. The summed E-state index contributed by atoms with van der Waals surface area (Å²) in [5.41, 5.74) is -0.801. The lowest BCUT2D eigenvalue weighted by Gasteiger charge is -2.08. The van der Waals surface area contributed by atoms with Crippen molar-refractivity contribution >= 4 is 23.4 Å². The van der Waals surface area contributed by atoms with Crippen LogP contribution < -0.4 is 0 Å². The largest absolute Gasteiger partial charge is 0.468 e. The average Bonchev–Trinajstić information content (AvgIpc) is 2.77. The van der Waals surface area contributed by atoms with Gasteiger partial charge in [-0.05, 0) is 24.3 Å². The molecular formula is C11H7ClF3NOS. The maximum absolute atomic E-state index is 12.5. The number of hydrogen-bond acceptors (Lipinski definition) is 3. The molecule has 0 aliphatic carbocycles. The van der Waals surface area contributed by atoms with E-state index in [1.54, 1.807) is 12.1 Å². The molecule has 7 heteroatoms. The smallest absolute Gasteiger partial charge is 0.416 e. The molecule has 2 aromatic heterocycles. The summed E-state index contributed by atoms with van der Waals surface area (Å²) in [5, 5.41) is 0.0398. The zero-order valence-electron chi connectivity index (χ0n) is 8.87. The SMILES string of the molecule is FC(F)(F)c1cc(Cl)nc(SCc2ccco2)c1. The van der Waals surface area contributed by atoms with Crippen LogP contribution in [0, 0.1) is 0 Å². The van der Waals surface area contributed by atoms with Crippen LogP contribution >= 0.6 is 23.4 Å². The summed E-state index contributed by atoms with van der Waals surface area (Å²) >= 11 is 6.70. The molecule has 2 nitrogen and oxygen atoms in total. The van der Waals surface area contributed by atoms with Crippen molar-refractivity contribution in [3.8, 4) is 0 Å². The fourth-order valence-corrected chi connectivity index (χ4v) is 2.34. The number of aromatic nitrogens is 1. The summed E-state index contributed by atoms with van der Waals surface area (Å²) in [4.78, 5) is 3.83. The van der Waals surface area contributed by atoms with Gasteiger partial charge in [-0.2, -0.15) is 13.2 Å². The molecule has 2 heterocycles. The molecule has 0 aliphatic rings. The lowest BCUT2D eigenvalue weighted by molar-refractivity contribution is -0.137. The van der Waals surface area contributed by atoms with Gasteiger partial charge in [0.05, 0.1) is 22.6 Å². The minimum absolute atomic E-state index is 0.174. The molecule has 2 aromatic rings. The lowest BCUT2D eigenvalue weighted by atomic mass is 10.3. The second-order valence-corrected chi connectivity index (χ2v) is 4.77. The average molecular weight is 294 g/mol. The molecule has 0 radical (unpaired) electrons. The van der Waals surface area contributed by atoms with Crippen LogP contribution in [-0.2, 0) is 11.9 Å². The number of hydrogen-bond donors (Lipinski definition) is 0. The highest BCUT2D eigenvalue weighted by Crippen LogP contribution is 2.33. The molecule has 0 unspecified atom stereocenters. The fraction of sp³-hybridized carbons (Fsp3) is 0.182. The van der Waals surface area contributed by atoms with Crippen LogP contribution in [0.15, 0.2) is 40.0 Å². The Morgan fingerprint density at radius 2 is 2.11 bits per heavy atom. The van der Waals surface area contributed by atoms with E-state index in [-0.39, 0.29) is 10.2 Å². The Kier molecular flexibility index (Phi) is 3.87. The fourth-order valence-electron chi connectivity index (χ4n) is 1.25. The van der Waals surface area contributed by atoms with Gasteiger partial charge >= 0.3 is 6.18 Å². The van der Waals surface area contributed by atoms with Gasteiger partial charge in [0.2, 0.25) is 0 Å². The molecule has 18 heavy (non-hydrogen) atoms. The van der Waals surface area contributed by atoms with Crippen molar-refractivity contribution in [3.63, 3.8) is 0 Å². The van der Waals surface area contributed by atoms with Gasteiger partial charge in [-0.3, -0.25) is 0 Å². The summed E-state index contributed by atoms with van der Waals surface area (Å²) < 4.78 is 42.7. The van der Waals surface area contributed by atoms with E-state index < -0.39 is 11.7 Å². The van der Waals surface area contributed by atoms with Gasteiger partial charge in [0.15, 0.2) is 0 Å². The van der Waals surface area contributed by atoms with Gasteiger partial charge in [0, 0.05) is 0 Å². The third-order valence-corrected chi connectivity index (χ3v) is 3.17. The predicted octanol–water partition coefficient (Wildman–Crippen LogP) is 4.64. The minimum atomic E-state index is -4.42. The Morgan fingerprint density at radius 1 is 1.33 bits per heavy atom. The first-order chi connectivity index (χ1) is 8.45. The van der Waals surface area contributed by atoms with Crippen LogP contribution in [0.5, 0.6) is 0 Å². The molecule has 0 saturated carbocycles. The maximum atomic E-state index is 12.5. The first-order valence-corrected chi connectivity index (χ1v) is 6.21. The number of furan rings is 1. The first kappa shape index (κ1) is 13.3. The van der Waals surface area contributed by atoms with Crippen molar-refractivity contribution in [3.05, 3.63) is 47.0 Å². The number of halogens is 4. The lowest BCUT2D eigenvalue weighted by Crippen LogP contribution is -2.05. The standard InChI is InChI=1S/C11H7ClF3NOS/c12-9-4-7(11(13,14)15)5-10(16-9)18-6-8-2-1-3-17-8/h1-5H,6H2. The highest BCUT2D eigenvalue weighted by molar-refractivity contribution is 7.98. The molecule has 2 rings (SSSR count). The second-order valence-electron chi connectivity index (χ2n) is 3.38. The van der Waals surface area contributed by atoms with Gasteiger partial charge in [0.25, 0.3) is 0 Å². The quantitative estimate of drug-likeness (QED) is 0.609. The highest BCUT2D eigenvalue weighted by atomic mass is 35.5. The van der Waals surface area contributed by atoms with Crippen molar-refractivity contribution in [2.24, 2.45) is 0 Å². The number of rotatable bonds is 3. The topological polar surface area (TPSA) is 26.0 Å². The molecule has 0 N–H and O–H groups in total. The van der Waals surface area contributed by atoms with Crippen LogP contribution in [-0.4, -0.2) is 4.98 Å². The molecule has 0 amide bonds. The van der Waals surface area contributed by atoms with Crippen molar-refractivity contribution in [2.75, 3.05) is 0 Å². The number of nitrogens with zero attached hydrogens (tertiary/aromatic N) is 1. The molecule has 96 valence electrons. The van der Waals surface area contributed by atoms with Crippen LogP contribution in [0.2, 0.25) is 5.15 Å². The Morgan fingerprint density at radius 3 is 2.72 bits per heavy atom. The third kappa shape index (κ3) is 3.43. The van der Waals surface area contributed by atoms with E-state index in [1.807, 2.05) is 0 Å². The second kappa shape index (κ2) is 5.24. The van der Waals surface area contributed by atoms with E-state index in [0.29, 0.717) is 11.5 Å². The van der Waals surface area contributed by atoms with E-state index in [1.165, 1.54) is 6.26 Å². The van der Waals surface area contributed by atoms with E-state index in [2.05, 4.69) is 4.98 Å². The summed E-state index contributed by atoms with van der Waals surface area (Å²) in [7, 11) is 0. The third-order valence-electron chi connectivity index (χ3n) is 2.04. The zero-order valence-corrected chi connectivity index (χ0v) is 10.4.